The molecule has 1 N–H and O–H groups in total. The molecule has 3 amide bonds. The minimum atomic E-state index is -0.343. The second-order valence-electron chi connectivity index (χ2n) is 6.85. The molecule has 0 saturated carbocycles. The van der Waals surface area contributed by atoms with Crippen LogP contribution in [0.2, 0.25) is 0 Å². The van der Waals surface area contributed by atoms with Crippen LogP contribution < -0.4 is 5.32 Å². The van der Waals surface area contributed by atoms with Crippen molar-refractivity contribution in [2.24, 2.45) is 5.92 Å². The normalized spacial score (nSPS) is 18.9. The highest BCUT2D eigenvalue weighted by Gasteiger charge is 2.33. The molecule has 1 heterocycles. The van der Waals surface area contributed by atoms with Crippen LogP contribution >= 0.6 is 0 Å². The number of ketones is 1. The van der Waals surface area contributed by atoms with Crippen LogP contribution in [0.4, 0.5) is 0 Å². The van der Waals surface area contributed by atoms with Crippen LogP contribution in [0.15, 0.2) is 11.6 Å². The van der Waals surface area contributed by atoms with Gasteiger partial charge in [0.05, 0.1) is 18.6 Å². The van der Waals surface area contributed by atoms with Gasteiger partial charge in [0, 0.05) is 19.2 Å². The summed E-state index contributed by atoms with van der Waals surface area (Å²) in [5.41, 5.74) is 0.523. The molecule has 140 valence electrons. The minimum Gasteiger partial charge on any atom is -0.350 e. The molecule has 0 radical (unpaired) electrons. The zero-order valence-corrected chi connectivity index (χ0v) is 15.7. The van der Waals surface area contributed by atoms with Gasteiger partial charge in [-0.1, -0.05) is 19.9 Å². The summed E-state index contributed by atoms with van der Waals surface area (Å²) in [5, 5.41) is 2.36. The van der Waals surface area contributed by atoms with Crippen molar-refractivity contribution < 1.29 is 19.2 Å². The van der Waals surface area contributed by atoms with Gasteiger partial charge in [-0.15, -0.1) is 0 Å². The molecular weight excluding hydrogens is 322 g/mol. The number of likely N-dealkylation sites (N-methyl/N-ethyl adjacent to an activating group) is 1. The van der Waals surface area contributed by atoms with Gasteiger partial charge in [0.1, 0.15) is 0 Å². The van der Waals surface area contributed by atoms with Crippen molar-refractivity contribution in [1.29, 1.82) is 0 Å². The molecule has 2 atom stereocenters. The van der Waals surface area contributed by atoms with Crippen LogP contribution in [0, 0.1) is 5.92 Å². The molecule has 0 aromatic carbocycles. The molecule has 0 bridgehead atoms. The summed E-state index contributed by atoms with van der Waals surface area (Å²) in [5.74, 6) is -0.290. The third-order valence-electron chi connectivity index (χ3n) is 4.60. The fraction of sp³-hybridized carbons (Fsp3) is 0.667. The van der Waals surface area contributed by atoms with Crippen LogP contribution in [0.3, 0.4) is 0 Å². The molecule has 7 nitrogen and oxygen atoms in total. The lowest BCUT2D eigenvalue weighted by Gasteiger charge is -2.30. The Morgan fingerprint density at radius 3 is 2.44 bits per heavy atom. The summed E-state index contributed by atoms with van der Waals surface area (Å²) in [4.78, 5) is 50.1. The van der Waals surface area contributed by atoms with E-state index in [2.05, 4.69) is 5.32 Å². The monoisotopic (exact) mass is 351 g/mol. The van der Waals surface area contributed by atoms with Crippen molar-refractivity contribution in [3.63, 3.8) is 0 Å². The van der Waals surface area contributed by atoms with Crippen LogP contribution in [0.25, 0.3) is 0 Å². The highest BCUT2D eigenvalue weighted by atomic mass is 16.2. The van der Waals surface area contributed by atoms with E-state index in [0.717, 1.165) is 6.42 Å². The molecule has 1 fully saturated rings. The van der Waals surface area contributed by atoms with Crippen LogP contribution in [0.5, 0.6) is 0 Å². The molecule has 1 saturated heterocycles. The van der Waals surface area contributed by atoms with E-state index in [1.807, 2.05) is 13.8 Å². The number of hydrogen-bond donors (Lipinski definition) is 1. The number of Topliss-reactive ketones (excluding diaryl/α,β-unsaturated/α-hetero) is 1. The molecule has 1 rings (SSSR count). The number of amides is 3. The first-order valence-corrected chi connectivity index (χ1v) is 8.63. The lowest BCUT2D eigenvalue weighted by molar-refractivity contribution is -0.134. The van der Waals surface area contributed by atoms with Crippen LogP contribution in [-0.2, 0) is 19.2 Å². The summed E-state index contributed by atoms with van der Waals surface area (Å²) >= 11 is 0. The minimum absolute atomic E-state index is 0.00583. The van der Waals surface area contributed by atoms with Gasteiger partial charge in [0.2, 0.25) is 18.2 Å². The Balaban J connectivity index is 2.93. The summed E-state index contributed by atoms with van der Waals surface area (Å²) < 4.78 is 0. The number of carbonyl (C=O) groups is 4. The first kappa shape index (κ1) is 20.9. The number of hydrogen-bond acceptors (Lipinski definition) is 4. The van der Waals surface area contributed by atoms with E-state index >= 15 is 0 Å². The van der Waals surface area contributed by atoms with Gasteiger partial charge in [-0.2, -0.15) is 0 Å². The fourth-order valence-corrected chi connectivity index (χ4v) is 3.16. The van der Waals surface area contributed by atoms with Crippen molar-refractivity contribution in [2.75, 3.05) is 20.1 Å². The third-order valence-corrected chi connectivity index (χ3v) is 4.60. The Kier molecular flexibility index (Phi) is 7.80. The van der Waals surface area contributed by atoms with Gasteiger partial charge in [-0.05, 0) is 32.6 Å². The quantitative estimate of drug-likeness (QED) is 0.516. The van der Waals surface area contributed by atoms with Crippen molar-refractivity contribution in [3.8, 4) is 0 Å². The predicted molar refractivity (Wildman–Crippen MR) is 94.6 cm³/mol. The Hall–Kier alpha value is -2.18. The molecule has 0 aliphatic carbocycles. The molecule has 7 heteroatoms. The number of nitrogens with one attached hydrogen (secondary N) is 1. The van der Waals surface area contributed by atoms with Gasteiger partial charge in [0.15, 0.2) is 5.78 Å². The highest BCUT2D eigenvalue weighted by Crippen LogP contribution is 2.21. The second-order valence-corrected chi connectivity index (χ2v) is 6.85. The van der Waals surface area contributed by atoms with Crippen LogP contribution in [0.1, 0.15) is 40.5 Å². The molecule has 0 spiro atoms. The van der Waals surface area contributed by atoms with E-state index < -0.39 is 0 Å². The Morgan fingerprint density at radius 2 is 1.92 bits per heavy atom. The van der Waals surface area contributed by atoms with E-state index in [9.17, 15) is 19.2 Å². The molecule has 0 aromatic heterocycles. The number of rotatable bonds is 8. The molecule has 0 aromatic rings. The summed E-state index contributed by atoms with van der Waals surface area (Å²) in [7, 11) is 1.65. The first-order chi connectivity index (χ1) is 11.7. The zero-order chi connectivity index (χ0) is 19.1. The topological polar surface area (TPSA) is 86.8 Å². The van der Waals surface area contributed by atoms with Gasteiger partial charge >= 0.3 is 0 Å². The smallest absolute Gasteiger partial charge is 0.249 e. The summed E-state index contributed by atoms with van der Waals surface area (Å²) in [6.45, 7) is 7.66. The molecule has 0 unspecified atom stereocenters. The lowest BCUT2D eigenvalue weighted by atomic mass is 9.99. The molecular formula is C18H29N3O4. The SMILES string of the molecule is CC(=O)[C@@H]1CCCN1C(=O)/C(C)=C/[C@H](C(C)C)N(C)C(=O)CNC=O. The Bertz CT molecular complexity index is 557. The summed E-state index contributed by atoms with van der Waals surface area (Å²) in [6, 6.07) is -0.618. The fourth-order valence-electron chi connectivity index (χ4n) is 3.16. The first-order valence-electron chi connectivity index (χ1n) is 8.63. The maximum absolute atomic E-state index is 12.7. The Morgan fingerprint density at radius 1 is 1.28 bits per heavy atom. The van der Waals surface area contributed by atoms with Gasteiger partial charge < -0.3 is 15.1 Å². The van der Waals surface area contributed by atoms with Crippen molar-refractivity contribution >= 4 is 24.0 Å². The third kappa shape index (κ3) is 5.41. The van der Waals surface area contributed by atoms with Gasteiger partial charge in [-0.3, -0.25) is 19.2 Å². The standard InChI is InChI=1S/C18H29N3O4/c1-12(2)16(20(5)17(24)10-19-11-22)9-13(3)18(25)21-8-6-7-15(21)14(4)23/h9,11-12,15-16H,6-8,10H2,1-5H3,(H,19,22)/b13-9+/t15-,16+/m0/s1. The average Bonchev–Trinajstić information content (AvgIpc) is 3.05. The largest absolute Gasteiger partial charge is 0.350 e. The maximum atomic E-state index is 12.7. The van der Waals surface area contributed by atoms with E-state index in [1.54, 1.807) is 24.9 Å². The predicted octanol–water partition coefficient (Wildman–Crippen LogP) is 0.742. The molecule has 1 aliphatic heterocycles. The van der Waals surface area contributed by atoms with Crippen molar-refractivity contribution in [3.05, 3.63) is 11.6 Å². The summed E-state index contributed by atoms with van der Waals surface area (Å²) in [6.07, 6.45) is 3.79. The Labute approximate surface area is 149 Å². The maximum Gasteiger partial charge on any atom is 0.249 e. The van der Waals surface area contributed by atoms with Gasteiger partial charge in [-0.25, -0.2) is 0 Å². The van der Waals surface area contributed by atoms with E-state index in [1.165, 1.54) is 11.8 Å². The molecule has 1 aliphatic rings. The zero-order valence-electron chi connectivity index (χ0n) is 15.7. The van der Waals surface area contributed by atoms with E-state index in [4.69, 9.17) is 0 Å². The van der Waals surface area contributed by atoms with Crippen LogP contribution in [-0.4, -0.2) is 66.0 Å². The number of carbonyl (C=O) groups excluding carboxylic acids is 4. The average molecular weight is 351 g/mol. The van der Waals surface area contributed by atoms with Crippen molar-refractivity contribution in [2.45, 2.75) is 52.6 Å². The van der Waals surface area contributed by atoms with E-state index in [-0.39, 0.29) is 42.1 Å². The van der Waals surface area contributed by atoms with E-state index in [0.29, 0.717) is 24.9 Å². The van der Waals surface area contributed by atoms with Gasteiger partial charge in [0.25, 0.3) is 0 Å². The molecule has 25 heavy (non-hydrogen) atoms. The number of likely N-dealkylation sites (tertiary alicyclic amines) is 1. The highest BCUT2D eigenvalue weighted by molar-refractivity contribution is 5.97. The number of nitrogens with zero attached hydrogens (tertiary/aromatic N) is 2. The second kappa shape index (κ2) is 9.34. The van der Waals surface area contributed by atoms with Crippen molar-refractivity contribution in [1.82, 2.24) is 15.1 Å². The lowest BCUT2D eigenvalue weighted by Crippen LogP contribution is -2.44.